The molecule has 150 valence electrons. The summed E-state index contributed by atoms with van der Waals surface area (Å²) in [5.74, 6) is 0.0458. The largest absolute Gasteiger partial charge is 0.311 e. The van der Waals surface area contributed by atoms with Crippen molar-refractivity contribution in [1.29, 1.82) is 0 Å². The molecular weight excluding hydrogens is 416 g/mol. The Kier molecular flexibility index (Phi) is 6.39. The molecule has 0 radical (unpaired) electrons. The van der Waals surface area contributed by atoms with Gasteiger partial charge >= 0.3 is 0 Å². The second kappa shape index (κ2) is 8.45. The smallest absolute Gasteiger partial charge is 0.242 e. The Bertz CT molecular complexity index is 975. The van der Waals surface area contributed by atoms with E-state index in [1.165, 1.54) is 30.2 Å². The molecule has 0 aromatic heterocycles. The second-order valence-electron chi connectivity index (χ2n) is 6.79. The van der Waals surface area contributed by atoms with Gasteiger partial charge in [0, 0.05) is 36.2 Å². The molecule has 3 rings (SSSR count). The maximum atomic E-state index is 13.2. The van der Waals surface area contributed by atoms with Crippen molar-refractivity contribution < 1.29 is 13.2 Å². The fourth-order valence-electron chi connectivity index (χ4n) is 3.14. The highest BCUT2D eigenvalue weighted by molar-refractivity contribution is 8.00. The highest BCUT2D eigenvalue weighted by Gasteiger charge is 2.31. The van der Waals surface area contributed by atoms with E-state index in [0.717, 1.165) is 16.1 Å². The molecule has 0 spiro atoms. The molecule has 8 heteroatoms. The van der Waals surface area contributed by atoms with Crippen molar-refractivity contribution >= 4 is 45.0 Å². The Morgan fingerprint density at radius 3 is 2.50 bits per heavy atom. The first-order valence-corrected chi connectivity index (χ1v) is 11.7. The van der Waals surface area contributed by atoms with E-state index >= 15 is 0 Å². The summed E-state index contributed by atoms with van der Waals surface area (Å²) in [6, 6.07) is 12.5. The summed E-state index contributed by atoms with van der Waals surface area (Å²) in [6.07, 6.45) is 1.35. The SMILES string of the molecule is CCC(Sc1ccc(Cl)cc1)C(=O)N1CCc2cc(S(=O)(=O)N(C)C)ccc21. The van der Waals surface area contributed by atoms with E-state index < -0.39 is 10.0 Å². The number of nitrogens with zero attached hydrogens (tertiary/aromatic N) is 2. The topological polar surface area (TPSA) is 57.7 Å². The van der Waals surface area contributed by atoms with Crippen molar-refractivity contribution in [1.82, 2.24) is 4.31 Å². The summed E-state index contributed by atoms with van der Waals surface area (Å²) in [4.78, 5) is 16.2. The summed E-state index contributed by atoms with van der Waals surface area (Å²) in [7, 11) is -0.462. The van der Waals surface area contributed by atoms with Gasteiger partial charge in [0.1, 0.15) is 0 Å². The minimum absolute atomic E-state index is 0.0458. The van der Waals surface area contributed by atoms with Gasteiger partial charge in [0.15, 0.2) is 0 Å². The zero-order chi connectivity index (χ0) is 20.5. The minimum Gasteiger partial charge on any atom is -0.311 e. The molecule has 1 aliphatic rings. The molecule has 5 nitrogen and oxygen atoms in total. The molecule has 0 bridgehead atoms. The molecule has 0 fully saturated rings. The number of carbonyl (C=O) groups excluding carboxylic acids is 1. The van der Waals surface area contributed by atoms with Gasteiger partial charge in [-0.1, -0.05) is 18.5 Å². The fourth-order valence-corrected chi connectivity index (χ4v) is 5.23. The molecule has 2 aromatic rings. The second-order valence-corrected chi connectivity index (χ2v) is 10.7. The van der Waals surface area contributed by atoms with Crippen LogP contribution in [0.4, 0.5) is 5.69 Å². The van der Waals surface area contributed by atoms with Gasteiger partial charge < -0.3 is 4.90 Å². The van der Waals surface area contributed by atoms with Crippen molar-refractivity contribution in [2.45, 2.75) is 34.8 Å². The first kappa shape index (κ1) is 21.2. The Balaban J connectivity index is 1.82. The number of hydrogen-bond donors (Lipinski definition) is 0. The van der Waals surface area contributed by atoms with Crippen LogP contribution in [0.15, 0.2) is 52.3 Å². The molecule has 0 saturated carbocycles. The summed E-state index contributed by atoms with van der Waals surface area (Å²) in [6.45, 7) is 2.56. The van der Waals surface area contributed by atoms with Crippen LogP contribution in [-0.4, -0.2) is 44.5 Å². The Hall–Kier alpha value is -1.54. The zero-order valence-electron chi connectivity index (χ0n) is 16.1. The third kappa shape index (κ3) is 4.22. The van der Waals surface area contributed by atoms with Gasteiger partial charge in [-0.3, -0.25) is 4.79 Å². The number of halogens is 1. The first-order valence-electron chi connectivity index (χ1n) is 9.03. The van der Waals surface area contributed by atoms with E-state index in [9.17, 15) is 13.2 Å². The Morgan fingerprint density at radius 2 is 1.89 bits per heavy atom. The van der Waals surface area contributed by atoms with Crippen LogP contribution in [0.2, 0.25) is 5.02 Å². The normalized spacial score (nSPS) is 15.0. The zero-order valence-corrected chi connectivity index (χ0v) is 18.4. The van der Waals surface area contributed by atoms with E-state index in [0.29, 0.717) is 24.4 Å². The van der Waals surface area contributed by atoms with Gasteiger partial charge in [0.05, 0.1) is 10.1 Å². The van der Waals surface area contributed by atoms with Gasteiger partial charge in [0.2, 0.25) is 15.9 Å². The van der Waals surface area contributed by atoms with Crippen molar-refractivity contribution in [2.75, 3.05) is 25.5 Å². The minimum atomic E-state index is -3.49. The molecule has 1 amide bonds. The van der Waals surface area contributed by atoms with E-state index in [4.69, 9.17) is 11.6 Å². The van der Waals surface area contributed by atoms with Crippen LogP contribution < -0.4 is 4.90 Å². The molecule has 28 heavy (non-hydrogen) atoms. The molecule has 1 unspecified atom stereocenters. The number of amides is 1. The van der Waals surface area contributed by atoms with Crippen LogP contribution in [-0.2, 0) is 21.2 Å². The Labute approximate surface area is 175 Å². The lowest BCUT2D eigenvalue weighted by atomic mass is 10.2. The van der Waals surface area contributed by atoms with Crippen LogP contribution in [0.1, 0.15) is 18.9 Å². The van der Waals surface area contributed by atoms with Gasteiger partial charge in [-0.2, -0.15) is 0 Å². The number of rotatable bonds is 6. The van der Waals surface area contributed by atoms with Crippen molar-refractivity contribution in [3.63, 3.8) is 0 Å². The number of sulfonamides is 1. The molecule has 0 saturated heterocycles. The number of anilines is 1. The fraction of sp³-hybridized carbons (Fsp3) is 0.350. The van der Waals surface area contributed by atoms with Crippen LogP contribution in [0.25, 0.3) is 0 Å². The molecule has 2 aromatic carbocycles. The Morgan fingerprint density at radius 1 is 1.21 bits per heavy atom. The first-order chi connectivity index (χ1) is 13.2. The standard InChI is InChI=1S/C20H23ClN2O3S2/c1-4-19(27-16-7-5-15(21)6-8-16)20(24)23-12-11-14-13-17(9-10-18(14)23)28(25,26)22(2)3/h5-10,13,19H,4,11-12H2,1-3H3. The lowest BCUT2D eigenvalue weighted by Crippen LogP contribution is -2.36. The summed E-state index contributed by atoms with van der Waals surface area (Å²) >= 11 is 7.46. The van der Waals surface area contributed by atoms with Crippen LogP contribution in [0, 0.1) is 0 Å². The molecule has 1 aliphatic heterocycles. The maximum absolute atomic E-state index is 13.2. The predicted molar refractivity (Wildman–Crippen MR) is 115 cm³/mol. The average molecular weight is 439 g/mol. The molecule has 1 heterocycles. The van der Waals surface area contributed by atoms with Crippen LogP contribution in [0.5, 0.6) is 0 Å². The molecule has 0 aliphatic carbocycles. The molecule has 0 N–H and O–H groups in total. The summed E-state index contributed by atoms with van der Waals surface area (Å²) in [5, 5.41) is 0.456. The quantitative estimate of drug-likeness (QED) is 0.638. The van der Waals surface area contributed by atoms with E-state index in [1.807, 2.05) is 31.2 Å². The van der Waals surface area contributed by atoms with Gasteiger partial charge in [-0.15, -0.1) is 11.8 Å². The molecular formula is C20H23ClN2O3S2. The molecule has 1 atom stereocenters. The summed E-state index contributed by atoms with van der Waals surface area (Å²) < 4.78 is 25.9. The number of hydrogen-bond acceptors (Lipinski definition) is 4. The van der Waals surface area contributed by atoms with Gasteiger partial charge in [-0.05, 0) is 60.9 Å². The van der Waals surface area contributed by atoms with E-state index in [2.05, 4.69) is 0 Å². The lowest BCUT2D eigenvalue weighted by Gasteiger charge is -2.23. The van der Waals surface area contributed by atoms with Crippen molar-refractivity contribution in [3.05, 3.63) is 53.1 Å². The maximum Gasteiger partial charge on any atom is 0.242 e. The van der Waals surface area contributed by atoms with Gasteiger partial charge in [0.25, 0.3) is 0 Å². The number of carbonyl (C=O) groups is 1. The lowest BCUT2D eigenvalue weighted by molar-refractivity contribution is -0.118. The third-order valence-corrected chi connectivity index (χ3v) is 8.16. The van der Waals surface area contributed by atoms with E-state index in [-0.39, 0.29) is 16.1 Å². The summed E-state index contributed by atoms with van der Waals surface area (Å²) in [5.41, 5.74) is 1.69. The van der Waals surface area contributed by atoms with E-state index in [1.54, 1.807) is 23.1 Å². The third-order valence-electron chi connectivity index (χ3n) is 4.73. The van der Waals surface area contributed by atoms with Crippen LogP contribution >= 0.6 is 23.4 Å². The highest BCUT2D eigenvalue weighted by atomic mass is 35.5. The number of thioether (sulfide) groups is 1. The van der Waals surface area contributed by atoms with Crippen molar-refractivity contribution in [3.8, 4) is 0 Å². The number of benzene rings is 2. The van der Waals surface area contributed by atoms with Crippen LogP contribution in [0.3, 0.4) is 0 Å². The van der Waals surface area contributed by atoms with Crippen molar-refractivity contribution in [2.24, 2.45) is 0 Å². The predicted octanol–water partition coefficient (Wildman–Crippen LogP) is 4.05. The highest BCUT2D eigenvalue weighted by Crippen LogP contribution is 2.34. The average Bonchev–Trinajstić information content (AvgIpc) is 3.10. The number of fused-ring (bicyclic) bond motifs is 1. The monoisotopic (exact) mass is 438 g/mol. The van der Waals surface area contributed by atoms with Gasteiger partial charge in [-0.25, -0.2) is 12.7 Å².